The molecule has 0 amide bonds. The van der Waals surface area contributed by atoms with E-state index >= 15 is 0 Å². The Balaban J connectivity index is 2.56. The number of halogens is 1. The summed E-state index contributed by atoms with van der Waals surface area (Å²) in [6, 6.07) is 6.61. The second kappa shape index (κ2) is 8.54. The van der Waals surface area contributed by atoms with Gasteiger partial charge in [-0.1, -0.05) is 48.7 Å². The van der Waals surface area contributed by atoms with E-state index in [1.54, 1.807) is 0 Å². The Morgan fingerprint density at radius 2 is 2.06 bits per heavy atom. The molecule has 1 aromatic carbocycles. The average Bonchev–Trinajstić information content (AvgIpc) is 2.35. The first-order chi connectivity index (χ1) is 8.69. The van der Waals surface area contributed by atoms with E-state index in [1.807, 2.05) is 0 Å². The number of hydrogen-bond donors (Lipinski definition) is 1. The summed E-state index contributed by atoms with van der Waals surface area (Å²) in [4.78, 5) is 0. The Kier molecular flexibility index (Phi) is 7.36. The highest BCUT2D eigenvalue weighted by atomic mass is 79.9. The summed E-state index contributed by atoms with van der Waals surface area (Å²) < 4.78 is 6.85. The Morgan fingerprint density at radius 3 is 2.67 bits per heavy atom. The predicted octanol–water partition coefficient (Wildman–Crippen LogP) is 4.69. The highest BCUT2D eigenvalue weighted by molar-refractivity contribution is 9.10. The number of benzene rings is 1. The molecule has 2 nitrogen and oxygen atoms in total. The van der Waals surface area contributed by atoms with Crippen molar-refractivity contribution in [2.45, 2.75) is 46.1 Å². The quantitative estimate of drug-likeness (QED) is 0.703. The van der Waals surface area contributed by atoms with Gasteiger partial charge in [-0.3, -0.25) is 0 Å². The van der Waals surface area contributed by atoms with Gasteiger partial charge in [-0.2, -0.15) is 0 Å². The second-order valence-corrected chi connectivity index (χ2v) is 5.37. The molecule has 0 aliphatic heterocycles. The maximum absolute atomic E-state index is 5.73. The van der Waals surface area contributed by atoms with Crippen LogP contribution in [0.5, 0.6) is 5.75 Å². The molecule has 0 saturated heterocycles. The van der Waals surface area contributed by atoms with Crippen molar-refractivity contribution in [2.24, 2.45) is 0 Å². The lowest BCUT2D eigenvalue weighted by Gasteiger charge is -2.15. The van der Waals surface area contributed by atoms with Gasteiger partial charge in [0.15, 0.2) is 0 Å². The first kappa shape index (κ1) is 15.5. The van der Waals surface area contributed by atoms with Crippen molar-refractivity contribution >= 4 is 15.9 Å². The van der Waals surface area contributed by atoms with Crippen molar-refractivity contribution in [3.05, 3.63) is 28.2 Å². The molecule has 0 aliphatic rings. The molecule has 0 saturated carbocycles. The molecule has 0 fully saturated rings. The van der Waals surface area contributed by atoms with Crippen LogP contribution in [0.15, 0.2) is 22.7 Å². The van der Waals surface area contributed by atoms with E-state index in [1.165, 1.54) is 18.4 Å². The molecule has 0 heterocycles. The Hall–Kier alpha value is -0.540. The third kappa shape index (κ3) is 4.99. The molecule has 0 bridgehead atoms. The summed E-state index contributed by atoms with van der Waals surface area (Å²) in [5.74, 6) is 0.949. The molecule has 1 aromatic rings. The van der Waals surface area contributed by atoms with Crippen molar-refractivity contribution in [1.29, 1.82) is 0 Å². The van der Waals surface area contributed by atoms with Crippen molar-refractivity contribution in [3.63, 3.8) is 0 Å². The Labute approximate surface area is 119 Å². The number of nitrogens with one attached hydrogen (secondary N) is 1. The SMILES string of the molecule is CCCCCOc1ccc(C(C)NCC)c(Br)c1. The minimum Gasteiger partial charge on any atom is -0.494 e. The van der Waals surface area contributed by atoms with E-state index in [0.717, 1.165) is 29.8 Å². The van der Waals surface area contributed by atoms with Crippen molar-refractivity contribution in [3.8, 4) is 5.75 Å². The van der Waals surface area contributed by atoms with Gasteiger partial charge in [-0.25, -0.2) is 0 Å². The molecule has 0 aliphatic carbocycles. The van der Waals surface area contributed by atoms with E-state index < -0.39 is 0 Å². The summed E-state index contributed by atoms with van der Waals surface area (Å²) in [6.07, 6.45) is 3.59. The highest BCUT2D eigenvalue weighted by Gasteiger charge is 2.08. The zero-order valence-electron chi connectivity index (χ0n) is 11.6. The van der Waals surface area contributed by atoms with Gasteiger partial charge in [0.05, 0.1) is 6.61 Å². The molecule has 0 aromatic heterocycles. The van der Waals surface area contributed by atoms with E-state index in [9.17, 15) is 0 Å². The van der Waals surface area contributed by atoms with E-state index in [2.05, 4.69) is 60.2 Å². The summed E-state index contributed by atoms with van der Waals surface area (Å²) in [7, 11) is 0. The van der Waals surface area contributed by atoms with Gasteiger partial charge in [0.2, 0.25) is 0 Å². The first-order valence-corrected chi connectivity index (χ1v) is 7.64. The van der Waals surface area contributed by atoms with Crippen LogP contribution in [0.4, 0.5) is 0 Å². The van der Waals surface area contributed by atoms with Crippen LogP contribution in [0, 0.1) is 0 Å². The molecule has 3 heteroatoms. The summed E-state index contributed by atoms with van der Waals surface area (Å²) >= 11 is 3.62. The van der Waals surface area contributed by atoms with Gasteiger partial charge >= 0.3 is 0 Å². The van der Waals surface area contributed by atoms with E-state index in [-0.39, 0.29) is 0 Å². The molecule has 0 radical (unpaired) electrons. The third-order valence-electron chi connectivity index (χ3n) is 2.97. The topological polar surface area (TPSA) is 21.3 Å². The van der Waals surface area contributed by atoms with Crippen LogP contribution in [0.2, 0.25) is 0 Å². The van der Waals surface area contributed by atoms with Crippen LogP contribution in [-0.4, -0.2) is 13.2 Å². The monoisotopic (exact) mass is 313 g/mol. The number of unbranched alkanes of at least 4 members (excludes halogenated alkanes) is 2. The lowest BCUT2D eigenvalue weighted by atomic mass is 10.1. The Morgan fingerprint density at radius 1 is 1.28 bits per heavy atom. The van der Waals surface area contributed by atoms with Crippen LogP contribution >= 0.6 is 15.9 Å². The van der Waals surface area contributed by atoms with Crippen LogP contribution in [0.25, 0.3) is 0 Å². The van der Waals surface area contributed by atoms with Crippen LogP contribution in [-0.2, 0) is 0 Å². The molecule has 1 atom stereocenters. The molecule has 1 N–H and O–H groups in total. The van der Waals surface area contributed by atoms with Gasteiger partial charge in [0.25, 0.3) is 0 Å². The smallest absolute Gasteiger partial charge is 0.120 e. The number of rotatable bonds is 8. The van der Waals surface area contributed by atoms with Gasteiger partial charge in [-0.15, -0.1) is 0 Å². The fourth-order valence-electron chi connectivity index (χ4n) is 1.91. The molecule has 1 rings (SSSR count). The average molecular weight is 314 g/mol. The van der Waals surface area contributed by atoms with Crippen molar-refractivity contribution in [1.82, 2.24) is 5.32 Å². The van der Waals surface area contributed by atoms with Crippen LogP contribution in [0.1, 0.15) is 51.6 Å². The zero-order chi connectivity index (χ0) is 13.4. The molecule has 102 valence electrons. The molecule has 18 heavy (non-hydrogen) atoms. The van der Waals surface area contributed by atoms with Gasteiger partial charge in [0, 0.05) is 10.5 Å². The lowest BCUT2D eigenvalue weighted by molar-refractivity contribution is 0.306. The zero-order valence-corrected chi connectivity index (χ0v) is 13.2. The maximum atomic E-state index is 5.73. The maximum Gasteiger partial charge on any atom is 0.120 e. The normalized spacial score (nSPS) is 12.4. The summed E-state index contributed by atoms with van der Waals surface area (Å²) in [5, 5.41) is 3.41. The van der Waals surface area contributed by atoms with E-state index in [4.69, 9.17) is 4.74 Å². The third-order valence-corrected chi connectivity index (χ3v) is 3.65. The van der Waals surface area contributed by atoms with Gasteiger partial charge in [0.1, 0.15) is 5.75 Å². The summed E-state index contributed by atoms with van der Waals surface area (Å²) in [5.41, 5.74) is 1.28. The lowest BCUT2D eigenvalue weighted by Crippen LogP contribution is -2.18. The fourth-order valence-corrected chi connectivity index (χ4v) is 2.61. The predicted molar refractivity (Wildman–Crippen MR) is 81.3 cm³/mol. The standard InChI is InChI=1S/C15H24BrNO/c1-4-6-7-10-18-13-8-9-14(15(16)11-13)12(3)17-5-2/h8-9,11-12,17H,4-7,10H2,1-3H3. The largest absolute Gasteiger partial charge is 0.494 e. The molecule has 1 unspecified atom stereocenters. The number of ether oxygens (including phenoxy) is 1. The number of hydrogen-bond acceptors (Lipinski definition) is 2. The van der Waals surface area contributed by atoms with E-state index in [0.29, 0.717) is 6.04 Å². The molecule has 0 spiro atoms. The second-order valence-electron chi connectivity index (χ2n) is 4.52. The summed E-state index contributed by atoms with van der Waals surface area (Å²) in [6.45, 7) is 8.28. The Bertz CT molecular complexity index is 354. The van der Waals surface area contributed by atoms with Crippen molar-refractivity contribution in [2.75, 3.05) is 13.2 Å². The minimum atomic E-state index is 0.360. The van der Waals surface area contributed by atoms with Crippen LogP contribution in [0.3, 0.4) is 0 Å². The molecular formula is C15H24BrNO. The first-order valence-electron chi connectivity index (χ1n) is 6.84. The van der Waals surface area contributed by atoms with Crippen molar-refractivity contribution < 1.29 is 4.74 Å². The van der Waals surface area contributed by atoms with Gasteiger partial charge < -0.3 is 10.1 Å². The fraction of sp³-hybridized carbons (Fsp3) is 0.600. The highest BCUT2D eigenvalue weighted by Crippen LogP contribution is 2.27. The van der Waals surface area contributed by atoms with Crippen LogP contribution < -0.4 is 10.1 Å². The minimum absolute atomic E-state index is 0.360. The molecular weight excluding hydrogens is 290 g/mol. The van der Waals surface area contributed by atoms with Gasteiger partial charge in [-0.05, 0) is 37.6 Å².